The molecule has 6 heteroatoms. The fourth-order valence-corrected chi connectivity index (χ4v) is 2.82. The van der Waals surface area contributed by atoms with Crippen LogP contribution in [0.5, 0.6) is 0 Å². The van der Waals surface area contributed by atoms with Crippen LogP contribution in [-0.4, -0.2) is 29.5 Å². The molecule has 0 aromatic heterocycles. The minimum Gasteiger partial charge on any atom is -0.454 e. The minimum atomic E-state index is -0.972. The highest BCUT2D eigenvalue weighted by molar-refractivity contribution is 6.01. The van der Waals surface area contributed by atoms with E-state index in [9.17, 15) is 19.2 Å². The van der Waals surface area contributed by atoms with Crippen LogP contribution in [0.2, 0.25) is 0 Å². The Morgan fingerprint density at radius 2 is 1.45 bits per heavy atom. The molecule has 1 N–H and O–H groups in total. The van der Waals surface area contributed by atoms with Gasteiger partial charge in [0.1, 0.15) is 0 Å². The predicted octanol–water partition coefficient (Wildman–Crippen LogP) is 4.68. The van der Waals surface area contributed by atoms with E-state index in [-0.39, 0.29) is 36.2 Å². The third kappa shape index (κ3) is 6.88. The average molecular weight is 424 g/mol. The highest BCUT2D eigenvalue weighted by Crippen LogP contribution is 2.15. The van der Waals surface area contributed by atoms with Crippen molar-refractivity contribution in [2.45, 2.75) is 53.6 Å². The summed E-state index contributed by atoms with van der Waals surface area (Å²) in [6.45, 7) is 8.98. The van der Waals surface area contributed by atoms with E-state index in [0.717, 1.165) is 11.1 Å². The maximum absolute atomic E-state index is 12.5. The average Bonchev–Trinajstić information content (AvgIpc) is 2.73. The largest absolute Gasteiger partial charge is 0.454 e. The minimum absolute atomic E-state index is 0.0203. The molecule has 0 unspecified atom stereocenters. The van der Waals surface area contributed by atoms with E-state index in [1.54, 1.807) is 44.2 Å². The molecule has 1 amide bonds. The Labute approximate surface area is 183 Å². The molecule has 31 heavy (non-hydrogen) atoms. The molecule has 0 spiro atoms. The number of benzene rings is 2. The van der Waals surface area contributed by atoms with E-state index in [1.165, 1.54) is 6.92 Å². The normalized spacial score (nSPS) is 11.7. The number of anilines is 1. The molecular formula is C25H29NO5. The van der Waals surface area contributed by atoms with Gasteiger partial charge in [0, 0.05) is 29.2 Å². The second-order valence-electron chi connectivity index (χ2n) is 7.94. The molecular weight excluding hydrogens is 394 g/mol. The van der Waals surface area contributed by atoms with Crippen LogP contribution >= 0.6 is 0 Å². The van der Waals surface area contributed by atoms with Gasteiger partial charge < -0.3 is 10.1 Å². The first-order valence-electron chi connectivity index (χ1n) is 10.3. The second-order valence-corrected chi connectivity index (χ2v) is 7.94. The first-order valence-corrected chi connectivity index (χ1v) is 10.3. The van der Waals surface area contributed by atoms with Crippen molar-refractivity contribution < 1.29 is 23.9 Å². The Hall–Kier alpha value is -3.28. The Bertz CT molecular complexity index is 976. The van der Waals surface area contributed by atoms with Crippen LogP contribution in [-0.2, 0) is 14.3 Å². The lowest BCUT2D eigenvalue weighted by Crippen LogP contribution is -2.24. The van der Waals surface area contributed by atoms with E-state index >= 15 is 0 Å². The van der Waals surface area contributed by atoms with E-state index in [1.807, 2.05) is 26.0 Å². The molecule has 0 radical (unpaired) electrons. The van der Waals surface area contributed by atoms with Crippen molar-refractivity contribution in [2.75, 3.05) is 5.32 Å². The molecule has 6 nitrogen and oxygen atoms in total. The van der Waals surface area contributed by atoms with Gasteiger partial charge in [-0.3, -0.25) is 19.2 Å². The first-order chi connectivity index (χ1) is 14.6. The number of rotatable bonds is 9. The van der Waals surface area contributed by atoms with Crippen molar-refractivity contribution in [3.05, 3.63) is 64.7 Å². The summed E-state index contributed by atoms with van der Waals surface area (Å²) in [5.74, 6) is -1.35. The lowest BCUT2D eigenvalue weighted by Gasteiger charge is -2.13. The zero-order valence-electron chi connectivity index (χ0n) is 18.7. The van der Waals surface area contributed by atoms with Crippen molar-refractivity contribution in [3.63, 3.8) is 0 Å². The van der Waals surface area contributed by atoms with Gasteiger partial charge in [-0.1, -0.05) is 26.0 Å². The van der Waals surface area contributed by atoms with Gasteiger partial charge >= 0.3 is 5.97 Å². The van der Waals surface area contributed by atoms with Gasteiger partial charge in [0.15, 0.2) is 11.9 Å². The summed E-state index contributed by atoms with van der Waals surface area (Å²) in [6.07, 6.45) is -1.05. The molecule has 164 valence electrons. The van der Waals surface area contributed by atoms with E-state index in [2.05, 4.69) is 5.32 Å². The molecule has 0 saturated carbocycles. The number of nitrogens with one attached hydrogen (secondary N) is 1. The van der Waals surface area contributed by atoms with Gasteiger partial charge in [-0.25, -0.2) is 0 Å². The van der Waals surface area contributed by atoms with Crippen molar-refractivity contribution >= 4 is 29.1 Å². The number of ketones is 2. The number of ether oxygens (including phenoxy) is 1. The summed E-state index contributed by atoms with van der Waals surface area (Å²) in [4.78, 5) is 48.7. The smallest absolute Gasteiger partial charge is 0.306 e. The van der Waals surface area contributed by atoms with Crippen LogP contribution in [0, 0.1) is 19.8 Å². The van der Waals surface area contributed by atoms with Crippen LogP contribution in [0.1, 0.15) is 65.5 Å². The molecule has 0 aliphatic carbocycles. The van der Waals surface area contributed by atoms with E-state index < -0.39 is 12.1 Å². The zero-order valence-corrected chi connectivity index (χ0v) is 18.7. The predicted molar refractivity (Wildman–Crippen MR) is 119 cm³/mol. The lowest BCUT2D eigenvalue weighted by molar-refractivity contribution is -0.146. The summed E-state index contributed by atoms with van der Waals surface area (Å²) in [6, 6.07) is 11.8. The zero-order chi connectivity index (χ0) is 23.1. The SMILES string of the molecule is Cc1ccc(C(=O)CCC(=O)O[C@H](C)C(=O)c2ccc(NC(=O)C(C)C)cc2)cc1C. The Kier molecular flexibility index (Phi) is 8.25. The summed E-state index contributed by atoms with van der Waals surface area (Å²) < 4.78 is 5.21. The number of hydrogen-bond acceptors (Lipinski definition) is 5. The van der Waals surface area contributed by atoms with Crippen LogP contribution in [0.3, 0.4) is 0 Å². The van der Waals surface area contributed by atoms with Crippen molar-refractivity contribution in [3.8, 4) is 0 Å². The number of aryl methyl sites for hydroxylation is 2. The van der Waals surface area contributed by atoms with Crippen LogP contribution in [0.15, 0.2) is 42.5 Å². The van der Waals surface area contributed by atoms with Crippen molar-refractivity contribution in [1.82, 2.24) is 0 Å². The quantitative estimate of drug-likeness (QED) is 0.467. The molecule has 2 rings (SSSR count). The number of hydrogen-bond donors (Lipinski definition) is 1. The second kappa shape index (κ2) is 10.7. The van der Waals surface area contributed by atoms with E-state index in [0.29, 0.717) is 16.8 Å². The fraction of sp³-hybridized carbons (Fsp3) is 0.360. The van der Waals surface area contributed by atoms with Gasteiger partial charge in [-0.15, -0.1) is 0 Å². The molecule has 0 bridgehead atoms. The first kappa shape index (κ1) is 24.0. The number of carbonyl (C=O) groups excluding carboxylic acids is 4. The summed E-state index contributed by atoms with van der Waals surface area (Å²) in [5, 5.41) is 2.75. The van der Waals surface area contributed by atoms with Gasteiger partial charge in [-0.05, 0) is 62.2 Å². The molecule has 0 aliphatic heterocycles. The lowest BCUT2D eigenvalue weighted by atomic mass is 10.0. The molecule has 0 aliphatic rings. The van der Waals surface area contributed by atoms with Gasteiger partial charge in [-0.2, -0.15) is 0 Å². The standard InChI is InChI=1S/C25H29NO5/c1-15(2)25(30)26-21-10-8-19(9-11-21)24(29)18(5)31-23(28)13-12-22(27)20-7-6-16(3)17(4)14-20/h6-11,14-15,18H,12-13H2,1-5H3,(H,26,30)/t18-/m1/s1. The van der Waals surface area contributed by atoms with Gasteiger partial charge in [0.2, 0.25) is 11.7 Å². The van der Waals surface area contributed by atoms with Crippen LogP contribution in [0.25, 0.3) is 0 Å². The van der Waals surface area contributed by atoms with E-state index in [4.69, 9.17) is 4.74 Å². The van der Waals surface area contributed by atoms with Crippen LogP contribution < -0.4 is 5.32 Å². The highest BCUT2D eigenvalue weighted by atomic mass is 16.5. The van der Waals surface area contributed by atoms with Crippen LogP contribution in [0.4, 0.5) is 5.69 Å². The summed E-state index contributed by atoms with van der Waals surface area (Å²) in [7, 11) is 0. The molecule has 2 aromatic rings. The maximum atomic E-state index is 12.5. The molecule has 0 saturated heterocycles. The third-order valence-corrected chi connectivity index (χ3v) is 5.02. The van der Waals surface area contributed by atoms with Gasteiger partial charge in [0.25, 0.3) is 0 Å². The molecule has 2 aromatic carbocycles. The Balaban J connectivity index is 1.87. The third-order valence-electron chi connectivity index (χ3n) is 5.02. The number of Topliss-reactive ketones (excluding diaryl/α,β-unsaturated/α-hetero) is 2. The van der Waals surface area contributed by atoms with Crippen molar-refractivity contribution in [2.24, 2.45) is 5.92 Å². The number of esters is 1. The fourth-order valence-electron chi connectivity index (χ4n) is 2.82. The van der Waals surface area contributed by atoms with Crippen molar-refractivity contribution in [1.29, 1.82) is 0 Å². The Morgan fingerprint density at radius 1 is 0.839 bits per heavy atom. The Morgan fingerprint density at radius 3 is 2.03 bits per heavy atom. The van der Waals surface area contributed by atoms with Gasteiger partial charge in [0.05, 0.1) is 6.42 Å². The summed E-state index contributed by atoms with van der Waals surface area (Å²) in [5.41, 5.74) is 3.63. The summed E-state index contributed by atoms with van der Waals surface area (Å²) >= 11 is 0. The maximum Gasteiger partial charge on any atom is 0.306 e. The molecule has 0 heterocycles. The number of carbonyl (C=O) groups is 4. The molecule has 0 fully saturated rings. The molecule has 1 atom stereocenters. The monoisotopic (exact) mass is 423 g/mol. The highest BCUT2D eigenvalue weighted by Gasteiger charge is 2.20. The number of amides is 1. The topological polar surface area (TPSA) is 89.5 Å².